The minimum Gasteiger partial charge on any atom is -0.497 e. The van der Waals surface area contributed by atoms with Crippen molar-refractivity contribution in [2.75, 3.05) is 18.2 Å². The molecule has 11 heteroatoms. The summed E-state index contributed by atoms with van der Waals surface area (Å²) in [5, 5.41) is 5.97. The number of nitrogens with one attached hydrogen (secondary N) is 2. The number of carbonyl (C=O) groups is 3. The summed E-state index contributed by atoms with van der Waals surface area (Å²) in [7, 11) is 1.55. The third kappa shape index (κ3) is 6.20. The quantitative estimate of drug-likeness (QED) is 0.407. The molecule has 0 aromatic heterocycles. The molecule has 1 unspecified atom stereocenters. The minimum atomic E-state index is -0.755. The van der Waals surface area contributed by atoms with Gasteiger partial charge in [0.2, 0.25) is 11.8 Å². The number of halogens is 1. The number of amides is 3. The fourth-order valence-electron chi connectivity index (χ4n) is 4.27. The fourth-order valence-corrected chi connectivity index (χ4v) is 5.07. The van der Waals surface area contributed by atoms with Gasteiger partial charge in [-0.15, -0.1) is 0 Å². The standard InChI is InChI=1S/C29H26FN5O4S/c1-39-21-6-4-5-20(15-21)32-26(37)17-40-29-34-23-8-3-2-7-22(23)27-33-24(28(38)35(27)29)13-14-25(36)31-16-18-9-11-19(30)12-10-18/h2-12,15,24H,13-14,16-17H2,1H3,(H,31,36)(H,32,37). The number of thioether (sulfide) groups is 1. The fraction of sp³-hybridized carbons (Fsp3) is 0.207. The minimum absolute atomic E-state index is 0.0196. The van der Waals surface area contributed by atoms with Gasteiger partial charge in [-0.25, -0.2) is 14.3 Å². The zero-order chi connectivity index (χ0) is 28.1. The lowest BCUT2D eigenvalue weighted by molar-refractivity contribution is -0.125. The molecule has 2 aliphatic heterocycles. The Morgan fingerprint density at radius 3 is 2.65 bits per heavy atom. The second-order valence-electron chi connectivity index (χ2n) is 9.06. The van der Waals surface area contributed by atoms with Gasteiger partial charge in [-0.2, -0.15) is 0 Å². The van der Waals surface area contributed by atoms with Crippen LogP contribution < -0.4 is 15.4 Å². The van der Waals surface area contributed by atoms with Gasteiger partial charge < -0.3 is 15.4 Å². The van der Waals surface area contributed by atoms with E-state index in [0.717, 1.165) is 17.3 Å². The summed E-state index contributed by atoms with van der Waals surface area (Å²) < 4.78 is 18.3. The number of benzene rings is 3. The van der Waals surface area contributed by atoms with Crippen molar-refractivity contribution in [2.24, 2.45) is 9.98 Å². The summed E-state index contributed by atoms with van der Waals surface area (Å²) in [6.45, 7) is 0.261. The smallest absolute Gasteiger partial charge is 0.259 e. The van der Waals surface area contributed by atoms with Gasteiger partial charge in [-0.05, 0) is 48.4 Å². The summed E-state index contributed by atoms with van der Waals surface area (Å²) in [4.78, 5) is 49.3. The molecule has 3 amide bonds. The molecule has 5 rings (SSSR count). The first kappa shape index (κ1) is 27.1. The van der Waals surface area contributed by atoms with Gasteiger partial charge in [-0.3, -0.25) is 19.4 Å². The van der Waals surface area contributed by atoms with Crippen molar-refractivity contribution >= 4 is 51.9 Å². The van der Waals surface area contributed by atoms with Gasteiger partial charge in [0, 0.05) is 30.3 Å². The number of hydrogen-bond acceptors (Lipinski definition) is 7. The molecule has 3 aromatic carbocycles. The molecule has 1 atom stereocenters. The largest absolute Gasteiger partial charge is 0.497 e. The molecule has 0 spiro atoms. The summed E-state index contributed by atoms with van der Waals surface area (Å²) in [5.41, 5.74) is 2.73. The number of carbonyl (C=O) groups excluding carboxylic acids is 3. The Bertz CT molecular complexity index is 1510. The van der Waals surface area contributed by atoms with Crippen molar-refractivity contribution in [2.45, 2.75) is 25.4 Å². The first-order valence-corrected chi connectivity index (χ1v) is 13.6. The highest BCUT2D eigenvalue weighted by atomic mass is 32.2. The normalized spacial score (nSPS) is 15.5. The molecule has 0 saturated carbocycles. The molecule has 2 heterocycles. The van der Waals surface area contributed by atoms with E-state index in [1.54, 1.807) is 43.5 Å². The molecule has 0 bridgehead atoms. The van der Waals surface area contributed by atoms with Crippen molar-refractivity contribution in [3.63, 3.8) is 0 Å². The zero-order valence-electron chi connectivity index (χ0n) is 21.6. The molecule has 0 saturated heterocycles. The van der Waals surface area contributed by atoms with Crippen LogP contribution in [-0.4, -0.2) is 52.5 Å². The Morgan fingerprint density at radius 1 is 1.05 bits per heavy atom. The lowest BCUT2D eigenvalue weighted by Crippen LogP contribution is -2.41. The van der Waals surface area contributed by atoms with Crippen LogP contribution in [0.4, 0.5) is 15.8 Å². The Labute approximate surface area is 234 Å². The number of methoxy groups -OCH3 is 1. The van der Waals surface area contributed by atoms with E-state index in [1.165, 1.54) is 17.0 Å². The SMILES string of the molecule is COc1cccc(NC(=O)CSC2=Nc3ccccc3C3=NC(CCC(=O)NCc4ccc(F)cc4)C(=O)N23)c1. The van der Waals surface area contributed by atoms with E-state index in [0.29, 0.717) is 33.7 Å². The van der Waals surface area contributed by atoms with E-state index >= 15 is 0 Å². The van der Waals surface area contributed by atoms with E-state index < -0.39 is 6.04 Å². The second-order valence-corrected chi connectivity index (χ2v) is 10.0. The van der Waals surface area contributed by atoms with Crippen LogP contribution in [0, 0.1) is 5.82 Å². The Balaban J connectivity index is 1.23. The maximum absolute atomic E-state index is 13.4. The third-order valence-corrected chi connectivity index (χ3v) is 7.22. The highest BCUT2D eigenvalue weighted by Gasteiger charge is 2.41. The highest BCUT2D eigenvalue weighted by molar-refractivity contribution is 8.14. The van der Waals surface area contributed by atoms with Crippen molar-refractivity contribution in [1.82, 2.24) is 10.2 Å². The van der Waals surface area contributed by atoms with Crippen LogP contribution in [0.15, 0.2) is 82.8 Å². The molecular formula is C29H26FN5O4S. The second kappa shape index (κ2) is 12.1. The molecule has 0 radical (unpaired) electrons. The van der Waals surface area contributed by atoms with E-state index in [-0.39, 0.29) is 48.7 Å². The maximum Gasteiger partial charge on any atom is 0.259 e. The zero-order valence-corrected chi connectivity index (χ0v) is 22.4. The number of ether oxygens (including phenoxy) is 1. The number of fused-ring (bicyclic) bond motifs is 3. The molecule has 9 nitrogen and oxygen atoms in total. The van der Waals surface area contributed by atoms with Crippen LogP contribution in [0.5, 0.6) is 5.75 Å². The topological polar surface area (TPSA) is 112 Å². The molecule has 0 fully saturated rings. The number of hydrogen-bond donors (Lipinski definition) is 2. The molecule has 2 aliphatic rings. The average Bonchev–Trinajstić information content (AvgIpc) is 3.31. The molecule has 40 heavy (non-hydrogen) atoms. The summed E-state index contributed by atoms with van der Waals surface area (Å²) in [6, 6.07) is 19.5. The number of anilines is 1. The predicted octanol–water partition coefficient (Wildman–Crippen LogP) is 4.26. The number of aliphatic imine (C=N–C) groups is 2. The van der Waals surface area contributed by atoms with Gasteiger partial charge in [0.1, 0.15) is 23.4 Å². The Hall–Kier alpha value is -4.51. The van der Waals surface area contributed by atoms with Crippen molar-refractivity contribution in [3.8, 4) is 5.75 Å². The van der Waals surface area contributed by atoms with Crippen LogP contribution >= 0.6 is 11.8 Å². The monoisotopic (exact) mass is 559 g/mol. The summed E-state index contributed by atoms with van der Waals surface area (Å²) in [5.74, 6) is -0.0354. The van der Waals surface area contributed by atoms with Crippen molar-refractivity contribution in [1.29, 1.82) is 0 Å². The predicted molar refractivity (Wildman–Crippen MR) is 152 cm³/mol. The first-order chi connectivity index (χ1) is 19.4. The van der Waals surface area contributed by atoms with E-state index in [4.69, 9.17) is 4.74 Å². The lowest BCUT2D eigenvalue weighted by Gasteiger charge is -2.25. The van der Waals surface area contributed by atoms with Crippen molar-refractivity contribution in [3.05, 3.63) is 89.7 Å². The summed E-state index contributed by atoms with van der Waals surface area (Å²) in [6.07, 6.45) is 0.303. The van der Waals surface area contributed by atoms with Crippen LogP contribution in [-0.2, 0) is 20.9 Å². The average molecular weight is 560 g/mol. The summed E-state index contributed by atoms with van der Waals surface area (Å²) >= 11 is 1.14. The van der Waals surface area contributed by atoms with Crippen LogP contribution in [0.1, 0.15) is 24.0 Å². The third-order valence-electron chi connectivity index (χ3n) is 6.28. The lowest BCUT2D eigenvalue weighted by atomic mass is 10.1. The van der Waals surface area contributed by atoms with E-state index in [9.17, 15) is 18.8 Å². The molecule has 2 N–H and O–H groups in total. The van der Waals surface area contributed by atoms with Gasteiger partial charge >= 0.3 is 0 Å². The van der Waals surface area contributed by atoms with Crippen molar-refractivity contribution < 1.29 is 23.5 Å². The highest BCUT2D eigenvalue weighted by Crippen LogP contribution is 2.34. The Morgan fingerprint density at radius 2 is 1.85 bits per heavy atom. The van der Waals surface area contributed by atoms with Crippen LogP contribution in [0.25, 0.3) is 0 Å². The molecule has 204 valence electrons. The number of para-hydroxylation sites is 1. The molecule has 0 aliphatic carbocycles. The molecular weight excluding hydrogens is 533 g/mol. The maximum atomic E-state index is 13.4. The van der Waals surface area contributed by atoms with E-state index in [1.807, 2.05) is 24.3 Å². The first-order valence-electron chi connectivity index (χ1n) is 12.6. The number of rotatable bonds is 9. The Kier molecular flexibility index (Phi) is 8.20. The molecule has 3 aromatic rings. The van der Waals surface area contributed by atoms with Gasteiger partial charge in [0.05, 0.1) is 18.6 Å². The van der Waals surface area contributed by atoms with E-state index in [2.05, 4.69) is 20.6 Å². The van der Waals surface area contributed by atoms with Crippen LogP contribution in [0.2, 0.25) is 0 Å². The van der Waals surface area contributed by atoms with Gasteiger partial charge in [0.25, 0.3) is 5.91 Å². The number of nitrogens with zero attached hydrogens (tertiary/aromatic N) is 3. The van der Waals surface area contributed by atoms with Gasteiger partial charge in [-0.1, -0.05) is 42.1 Å². The number of amidine groups is 2. The van der Waals surface area contributed by atoms with Crippen LogP contribution in [0.3, 0.4) is 0 Å². The van der Waals surface area contributed by atoms with Gasteiger partial charge in [0.15, 0.2) is 5.17 Å².